The molecule has 3 heteroatoms. The van der Waals surface area contributed by atoms with Crippen molar-refractivity contribution in [2.24, 2.45) is 0 Å². The van der Waals surface area contributed by atoms with Gasteiger partial charge in [-0.3, -0.25) is 9.69 Å². The minimum atomic E-state index is -0.0919. The molecule has 0 aliphatic rings. The number of hydrogen-bond acceptors (Lipinski definition) is 3. The smallest absolute Gasteiger partial charge is 0.146 e. The van der Waals surface area contributed by atoms with E-state index in [1.165, 1.54) is 0 Å². The average molecular weight is 216 g/mol. The molecule has 0 aliphatic carbocycles. The maximum atomic E-state index is 11.2. The van der Waals surface area contributed by atoms with Crippen molar-refractivity contribution in [2.75, 3.05) is 7.05 Å². The zero-order valence-electron chi connectivity index (χ0n) is 9.90. The number of likely N-dealkylation sites (N-methyl/N-ethyl adjacent to an activating group) is 1. The highest BCUT2D eigenvalue weighted by molar-refractivity contribution is 5.80. The molecule has 0 aromatic heterocycles. The number of hydrogen-bond donors (Lipinski definition) is 0. The van der Waals surface area contributed by atoms with Crippen molar-refractivity contribution < 1.29 is 4.79 Å². The summed E-state index contributed by atoms with van der Waals surface area (Å²) >= 11 is 0. The predicted octanol–water partition coefficient (Wildman–Crippen LogP) is 1.97. The van der Waals surface area contributed by atoms with Crippen LogP contribution in [0, 0.1) is 11.3 Å². The Bertz CT molecular complexity index is 420. The summed E-state index contributed by atoms with van der Waals surface area (Å²) in [6.07, 6.45) is 0. The zero-order chi connectivity index (χ0) is 12.1. The van der Waals surface area contributed by atoms with Crippen molar-refractivity contribution in [3.05, 3.63) is 35.4 Å². The highest BCUT2D eigenvalue weighted by Gasteiger charge is 2.13. The lowest BCUT2D eigenvalue weighted by atomic mass is 10.1. The standard InChI is InChI=1S/C13H16N2O/c1-10(11(2)16)15(3)9-13-6-4-5-12(7-13)8-14/h4-7,10H,9H2,1-3H3. The number of carbonyl (C=O) groups excluding carboxylic acids is 1. The molecule has 0 saturated heterocycles. The van der Waals surface area contributed by atoms with Gasteiger partial charge in [-0.2, -0.15) is 5.26 Å². The van der Waals surface area contributed by atoms with E-state index in [4.69, 9.17) is 5.26 Å². The number of nitrogens with zero attached hydrogens (tertiary/aromatic N) is 2. The molecule has 3 nitrogen and oxygen atoms in total. The van der Waals surface area contributed by atoms with E-state index in [9.17, 15) is 4.79 Å². The summed E-state index contributed by atoms with van der Waals surface area (Å²) in [5, 5.41) is 8.78. The second-order valence-electron chi connectivity index (χ2n) is 4.01. The van der Waals surface area contributed by atoms with Crippen molar-refractivity contribution in [3.8, 4) is 6.07 Å². The van der Waals surface area contributed by atoms with Gasteiger partial charge >= 0.3 is 0 Å². The number of nitriles is 1. The van der Waals surface area contributed by atoms with Crippen LogP contribution in [0.25, 0.3) is 0 Å². The van der Waals surface area contributed by atoms with Gasteiger partial charge in [-0.15, -0.1) is 0 Å². The molecule has 0 N–H and O–H groups in total. The summed E-state index contributed by atoms with van der Waals surface area (Å²) in [5.74, 6) is 0.152. The molecule has 0 radical (unpaired) electrons. The molecule has 16 heavy (non-hydrogen) atoms. The van der Waals surface area contributed by atoms with Gasteiger partial charge in [0.1, 0.15) is 5.78 Å². The van der Waals surface area contributed by atoms with Crippen molar-refractivity contribution in [3.63, 3.8) is 0 Å². The molecule has 0 heterocycles. The SMILES string of the molecule is CC(=O)C(C)N(C)Cc1cccc(C#N)c1. The summed E-state index contributed by atoms with van der Waals surface area (Å²) in [7, 11) is 1.91. The normalized spacial score (nSPS) is 12.2. The molecule has 0 amide bonds. The lowest BCUT2D eigenvalue weighted by Crippen LogP contribution is -2.34. The van der Waals surface area contributed by atoms with Gasteiger partial charge < -0.3 is 0 Å². The Morgan fingerprint density at radius 3 is 2.81 bits per heavy atom. The Morgan fingerprint density at radius 2 is 2.25 bits per heavy atom. The number of benzene rings is 1. The molecule has 1 unspecified atom stereocenters. The molecule has 1 aromatic rings. The first-order valence-electron chi connectivity index (χ1n) is 5.24. The number of Topliss-reactive ketones (excluding diaryl/α,β-unsaturated/α-hetero) is 1. The molecule has 1 rings (SSSR count). The third-order valence-electron chi connectivity index (χ3n) is 2.74. The fourth-order valence-corrected chi connectivity index (χ4v) is 1.47. The second kappa shape index (κ2) is 5.43. The van der Waals surface area contributed by atoms with Gasteiger partial charge in [0.15, 0.2) is 0 Å². The third kappa shape index (κ3) is 3.18. The Morgan fingerprint density at radius 1 is 1.56 bits per heavy atom. The van der Waals surface area contributed by atoms with Crippen LogP contribution >= 0.6 is 0 Å². The largest absolute Gasteiger partial charge is 0.298 e. The van der Waals surface area contributed by atoms with Gasteiger partial charge in [0, 0.05) is 6.54 Å². The van der Waals surface area contributed by atoms with Crippen LogP contribution in [0.2, 0.25) is 0 Å². The van der Waals surface area contributed by atoms with Crippen molar-refractivity contribution in [1.29, 1.82) is 5.26 Å². The monoisotopic (exact) mass is 216 g/mol. The van der Waals surface area contributed by atoms with Gasteiger partial charge in [-0.25, -0.2) is 0 Å². The molecule has 1 atom stereocenters. The molecular formula is C13H16N2O. The van der Waals surface area contributed by atoms with Crippen LogP contribution in [0.4, 0.5) is 0 Å². The van der Waals surface area contributed by atoms with E-state index in [1.54, 1.807) is 13.0 Å². The van der Waals surface area contributed by atoms with E-state index in [2.05, 4.69) is 6.07 Å². The van der Waals surface area contributed by atoms with Crippen LogP contribution < -0.4 is 0 Å². The van der Waals surface area contributed by atoms with Crippen molar-refractivity contribution >= 4 is 5.78 Å². The summed E-state index contributed by atoms with van der Waals surface area (Å²) in [6, 6.07) is 9.47. The molecular weight excluding hydrogens is 200 g/mol. The molecule has 0 saturated carbocycles. The molecule has 1 aromatic carbocycles. The zero-order valence-corrected chi connectivity index (χ0v) is 9.90. The van der Waals surface area contributed by atoms with E-state index in [0.717, 1.165) is 5.56 Å². The molecule has 0 bridgehead atoms. The number of rotatable bonds is 4. The Hall–Kier alpha value is -1.66. The first kappa shape index (κ1) is 12.4. The van der Waals surface area contributed by atoms with E-state index in [1.807, 2.05) is 37.1 Å². The molecule has 0 aliphatic heterocycles. The average Bonchev–Trinajstić information content (AvgIpc) is 2.28. The summed E-state index contributed by atoms with van der Waals surface area (Å²) < 4.78 is 0. The first-order valence-corrected chi connectivity index (χ1v) is 5.24. The van der Waals surface area contributed by atoms with Crippen LogP contribution in [-0.4, -0.2) is 23.8 Å². The lowest BCUT2D eigenvalue weighted by Gasteiger charge is -2.22. The topological polar surface area (TPSA) is 44.1 Å². The van der Waals surface area contributed by atoms with Gasteiger partial charge in [-0.05, 0) is 38.6 Å². The van der Waals surface area contributed by atoms with E-state index >= 15 is 0 Å². The minimum absolute atomic E-state index is 0.0919. The summed E-state index contributed by atoms with van der Waals surface area (Å²) in [5.41, 5.74) is 1.70. The lowest BCUT2D eigenvalue weighted by molar-refractivity contribution is -0.121. The first-order chi connectivity index (χ1) is 7.54. The van der Waals surface area contributed by atoms with Gasteiger partial charge in [0.05, 0.1) is 17.7 Å². The highest BCUT2D eigenvalue weighted by Crippen LogP contribution is 2.09. The van der Waals surface area contributed by atoms with Crippen LogP contribution in [-0.2, 0) is 11.3 Å². The van der Waals surface area contributed by atoms with Crippen molar-refractivity contribution in [1.82, 2.24) is 4.90 Å². The Kier molecular flexibility index (Phi) is 4.21. The van der Waals surface area contributed by atoms with E-state index in [0.29, 0.717) is 12.1 Å². The van der Waals surface area contributed by atoms with Gasteiger partial charge in [0.2, 0.25) is 0 Å². The van der Waals surface area contributed by atoms with Gasteiger partial charge in [-0.1, -0.05) is 12.1 Å². The van der Waals surface area contributed by atoms with Crippen LogP contribution in [0.15, 0.2) is 24.3 Å². The molecule has 0 spiro atoms. The quantitative estimate of drug-likeness (QED) is 0.772. The van der Waals surface area contributed by atoms with E-state index in [-0.39, 0.29) is 11.8 Å². The fourth-order valence-electron chi connectivity index (χ4n) is 1.47. The Balaban J connectivity index is 2.73. The number of carbonyl (C=O) groups is 1. The maximum Gasteiger partial charge on any atom is 0.146 e. The van der Waals surface area contributed by atoms with Gasteiger partial charge in [0.25, 0.3) is 0 Å². The molecule has 84 valence electrons. The third-order valence-corrected chi connectivity index (χ3v) is 2.74. The second-order valence-corrected chi connectivity index (χ2v) is 4.01. The minimum Gasteiger partial charge on any atom is -0.298 e. The number of ketones is 1. The Labute approximate surface area is 96.3 Å². The van der Waals surface area contributed by atoms with Crippen LogP contribution in [0.1, 0.15) is 25.0 Å². The fraction of sp³-hybridized carbons (Fsp3) is 0.385. The van der Waals surface area contributed by atoms with Crippen molar-refractivity contribution in [2.45, 2.75) is 26.4 Å². The van der Waals surface area contributed by atoms with Crippen LogP contribution in [0.5, 0.6) is 0 Å². The highest BCUT2D eigenvalue weighted by atomic mass is 16.1. The van der Waals surface area contributed by atoms with Crippen LogP contribution in [0.3, 0.4) is 0 Å². The molecule has 0 fully saturated rings. The summed E-state index contributed by atoms with van der Waals surface area (Å²) in [6.45, 7) is 4.15. The predicted molar refractivity (Wildman–Crippen MR) is 62.8 cm³/mol. The van der Waals surface area contributed by atoms with E-state index < -0.39 is 0 Å². The maximum absolute atomic E-state index is 11.2. The summed E-state index contributed by atoms with van der Waals surface area (Å²) in [4.78, 5) is 13.2.